The predicted octanol–water partition coefficient (Wildman–Crippen LogP) is 3.01. The maximum Gasteiger partial charge on any atom is 0.311 e. The molecule has 0 aromatic carbocycles. The molecule has 3 rings (SSSR count). The highest BCUT2D eigenvalue weighted by Crippen LogP contribution is 2.42. The van der Waals surface area contributed by atoms with E-state index in [0.717, 1.165) is 0 Å². The Hall–Kier alpha value is -1.79. The van der Waals surface area contributed by atoms with E-state index in [4.69, 9.17) is 37.9 Å². The number of hydrogen-bond donors (Lipinski definition) is 3. The molecule has 18 atom stereocenters. The van der Waals surface area contributed by atoms with Gasteiger partial charge in [0.25, 0.3) is 0 Å². The molecule has 0 aliphatic carbocycles. The fraction of sp³-hybridized carbons (Fsp3) is 0.925. The van der Waals surface area contributed by atoms with Crippen molar-refractivity contribution < 1.29 is 67.6 Å². The van der Waals surface area contributed by atoms with Crippen LogP contribution in [-0.2, 0) is 52.3 Å². The van der Waals surface area contributed by atoms with Gasteiger partial charge >= 0.3 is 11.9 Å². The number of esters is 2. The lowest BCUT2D eigenvalue weighted by atomic mass is 9.74. The van der Waals surface area contributed by atoms with Gasteiger partial charge in [0.15, 0.2) is 18.7 Å². The number of Topliss-reactive ketones (excluding diaryl/α,β-unsaturated/α-hetero) is 1. The third kappa shape index (κ3) is 10.5. The highest BCUT2D eigenvalue weighted by atomic mass is 16.7. The van der Waals surface area contributed by atoms with Crippen molar-refractivity contribution in [2.24, 2.45) is 23.7 Å². The van der Waals surface area contributed by atoms with Crippen LogP contribution in [0.4, 0.5) is 0 Å². The summed E-state index contributed by atoms with van der Waals surface area (Å²) in [5.41, 5.74) is -4.32. The molecule has 0 amide bonds. The van der Waals surface area contributed by atoms with Gasteiger partial charge in [-0.25, -0.2) is 0 Å². The molecule has 0 bridgehead atoms. The third-order valence-electron chi connectivity index (χ3n) is 12.5. The number of rotatable bonds is 9. The summed E-state index contributed by atoms with van der Waals surface area (Å²) >= 11 is 0. The van der Waals surface area contributed by atoms with Crippen LogP contribution in [0.1, 0.15) is 102 Å². The summed E-state index contributed by atoms with van der Waals surface area (Å²) in [5, 5.41) is 34.1. The van der Waals surface area contributed by atoms with E-state index in [-0.39, 0.29) is 37.2 Å². The molecule has 0 aromatic heterocycles. The van der Waals surface area contributed by atoms with E-state index in [1.807, 2.05) is 32.8 Å². The molecular weight excluding hydrogens is 718 g/mol. The number of cyclic esters (lactones) is 1. The van der Waals surface area contributed by atoms with Crippen LogP contribution in [0, 0.1) is 23.7 Å². The van der Waals surface area contributed by atoms with E-state index in [9.17, 15) is 29.7 Å². The van der Waals surface area contributed by atoms with Gasteiger partial charge in [0.1, 0.15) is 23.6 Å². The second-order valence-corrected chi connectivity index (χ2v) is 17.2. The van der Waals surface area contributed by atoms with Crippen molar-refractivity contribution in [1.82, 2.24) is 4.90 Å². The SMILES string of the molecule is CC[C@H]1OC(=O)[C@H](C)[C@@H](OC2C[C@@](C)(OC)[C@@H](O)[C@H](C)O2)[C@H](C)[C@@H](O[C@@H]2O[C@H](C)C[C@H](N(C)C)[C@H]2OC(C)=O)[C@](C)(OC)C[C@@H](C)C(=O)[C@H](C)[C@@H](O)[C@]1(C)O. The molecule has 3 saturated heterocycles. The monoisotopic (exact) mass is 789 g/mol. The van der Waals surface area contributed by atoms with Crippen LogP contribution in [0.2, 0.25) is 0 Å². The van der Waals surface area contributed by atoms with Gasteiger partial charge in [-0.2, -0.15) is 0 Å². The van der Waals surface area contributed by atoms with Crippen LogP contribution in [0.25, 0.3) is 0 Å². The smallest absolute Gasteiger partial charge is 0.311 e. The molecule has 0 radical (unpaired) electrons. The lowest BCUT2D eigenvalue weighted by molar-refractivity contribution is -0.320. The van der Waals surface area contributed by atoms with Crippen molar-refractivity contribution in [3.05, 3.63) is 0 Å². The summed E-state index contributed by atoms with van der Waals surface area (Å²) in [4.78, 5) is 42.8. The number of ketones is 1. The van der Waals surface area contributed by atoms with Gasteiger partial charge in [0.2, 0.25) is 0 Å². The molecule has 15 heteroatoms. The van der Waals surface area contributed by atoms with Crippen LogP contribution >= 0.6 is 0 Å². The Morgan fingerprint density at radius 1 is 0.873 bits per heavy atom. The Balaban J connectivity index is 2.27. The summed E-state index contributed by atoms with van der Waals surface area (Å²) in [5.74, 6) is -5.13. The average molecular weight is 790 g/mol. The topological polar surface area (TPSA) is 189 Å². The van der Waals surface area contributed by atoms with Crippen LogP contribution in [-0.4, -0.2) is 151 Å². The van der Waals surface area contributed by atoms with Gasteiger partial charge in [-0.15, -0.1) is 0 Å². The lowest BCUT2D eigenvalue weighted by Gasteiger charge is -2.50. The van der Waals surface area contributed by atoms with Gasteiger partial charge in [-0.1, -0.05) is 27.7 Å². The summed E-state index contributed by atoms with van der Waals surface area (Å²) in [7, 11) is 6.77. The first-order chi connectivity index (χ1) is 25.4. The quantitative estimate of drug-likeness (QED) is 0.289. The highest BCUT2D eigenvalue weighted by molar-refractivity contribution is 5.83. The van der Waals surface area contributed by atoms with Crippen LogP contribution in [0.5, 0.6) is 0 Å². The van der Waals surface area contributed by atoms with E-state index in [0.29, 0.717) is 6.42 Å². The van der Waals surface area contributed by atoms with Gasteiger partial charge in [-0.3, -0.25) is 14.4 Å². The molecule has 55 heavy (non-hydrogen) atoms. The Morgan fingerprint density at radius 2 is 1.47 bits per heavy atom. The summed E-state index contributed by atoms with van der Waals surface area (Å²) in [6, 6.07) is -0.280. The number of aliphatic hydroxyl groups is 3. The first-order valence-electron chi connectivity index (χ1n) is 19.8. The maximum absolute atomic E-state index is 14.3. The average Bonchev–Trinajstić information content (AvgIpc) is 3.12. The second-order valence-electron chi connectivity index (χ2n) is 17.2. The van der Waals surface area contributed by atoms with Crippen molar-refractivity contribution in [3.63, 3.8) is 0 Å². The van der Waals surface area contributed by atoms with E-state index in [2.05, 4.69) is 0 Å². The molecule has 3 N–H and O–H groups in total. The number of ether oxygens (including phenoxy) is 8. The van der Waals surface area contributed by atoms with E-state index < -0.39 is 108 Å². The standard InChI is InChI=1S/C40H71NO14/c1-16-28-40(11,47)33(44)22(4)30(43)20(2)18-39(10,49-15)35(55-37-32(52-26(8)42)27(41(12)13)17-21(3)50-37)23(5)31(24(6)36(46)53-28)54-29-19-38(9,48-14)34(45)25(7)51-29/h20-25,27-29,31-35,37,44-45,47H,16-19H2,1-15H3/t20-,21-,22+,23+,24-,25+,27+,28-,29?,31+,32-,33-,34+,35-,37+,38-,39-,40-/m1/s1. The number of nitrogens with zero attached hydrogens (tertiary/aromatic N) is 1. The van der Waals surface area contributed by atoms with Crippen LogP contribution < -0.4 is 0 Å². The first kappa shape index (κ1) is 47.6. The number of methoxy groups -OCH3 is 2. The molecule has 3 heterocycles. The summed E-state index contributed by atoms with van der Waals surface area (Å²) in [6.45, 7) is 18.3. The van der Waals surface area contributed by atoms with Gasteiger partial charge < -0.3 is 58.1 Å². The second kappa shape index (κ2) is 18.9. The van der Waals surface area contributed by atoms with Gasteiger partial charge in [0.05, 0.1) is 53.7 Å². The molecule has 0 saturated carbocycles. The molecule has 3 aliphatic heterocycles. The normalized spacial score (nSPS) is 46.9. The van der Waals surface area contributed by atoms with Crippen molar-refractivity contribution in [2.75, 3.05) is 28.3 Å². The maximum atomic E-state index is 14.3. The summed E-state index contributed by atoms with van der Waals surface area (Å²) < 4.78 is 50.3. The molecule has 3 aliphatic rings. The number of likely N-dealkylation sites (N-methyl/N-ethyl adjacent to an activating group) is 1. The summed E-state index contributed by atoms with van der Waals surface area (Å²) in [6.07, 6.45) is -8.82. The number of hydrogen-bond acceptors (Lipinski definition) is 15. The minimum absolute atomic E-state index is 0.0851. The Bertz CT molecular complexity index is 1300. The van der Waals surface area contributed by atoms with E-state index >= 15 is 0 Å². The van der Waals surface area contributed by atoms with Crippen molar-refractivity contribution >= 4 is 17.7 Å². The highest BCUT2D eigenvalue weighted by Gasteiger charge is 2.54. The molecular formula is C40H71NO14. The van der Waals surface area contributed by atoms with Crippen LogP contribution in [0.3, 0.4) is 0 Å². The van der Waals surface area contributed by atoms with Gasteiger partial charge in [0, 0.05) is 45.3 Å². The van der Waals surface area contributed by atoms with Gasteiger partial charge in [-0.05, 0) is 74.9 Å². The first-order valence-corrected chi connectivity index (χ1v) is 19.8. The number of aliphatic hydroxyl groups excluding tert-OH is 2. The Morgan fingerprint density at radius 3 is 2.00 bits per heavy atom. The van der Waals surface area contributed by atoms with E-state index in [1.165, 1.54) is 28.1 Å². The molecule has 0 aromatic rings. The molecule has 15 nitrogen and oxygen atoms in total. The fourth-order valence-corrected chi connectivity index (χ4v) is 8.89. The minimum Gasteiger partial charge on any atom is -0.459 e. The van der Waals surface area contributed by atoms with Crippen molar-refractivity contribution in [1.29, 1.82) is 0 Å². The molecule has 3 fully saturated rings. The van der Waals surface area contributed by atoms with Crippen molar-refractivity contribution in [2.45, 2.75) is 186 Å². The Kier molecular flexibility index (Phi) is 16.3. The lowest BCUT2D eigenvalue weighted by Crippen LogP contribution is -2.62. The number of carbonyl (C=O) groups excluding carboxylic acids is 3. The predicted molar refractivity (Wildman–Crippen MR) is 201 cm³/mol. The fourth-order valence-electron chi connectivity index (χ4n) is 8.89. The third-order valence-corrected chi connectivity index (χ3v) is 12.5. The van der Waals surface area contributed by atoms with Crippen LogP contribution in [0.15, 0.2) is 0 Å². The molecule has 1 unspecified atom stereocenters. The zero-order chi connectivity index (χ0) is 42.0. The van der Waals surface area contributed by atoms with E-state index in [1.54, 1.807) is 48.5 Å². The zero-order valence-corrected chi connectivity index (χ0v) is 35.8. The Labute approximate surface area is 327 Å². The molecule has 320 valence electrons. The largest absolute Gasteiger partial charge is 0.459 e. The van der Waals surface area contributed by atoms with Crippen molar-refractivity contribution in [3.8, 4) is 0 Å². The molecule has 0 spiro atoms. The zero-order valence-electron chi connectivity index (χ0n) is 35.8. The minimum atomic E-state index is -1.98. The number of carbonyl (C=O) groups is 3.